The summed E-state index contributed by atoms with van der Waals surface area (Å²) >= 11 is 11.4. The van der Waals surface area contributed by atoms with E-state index in [0.29, 0.717) is 17.9 Å². The summed E-state index contributed by atoms with van der Waals surface area (Å²) in [7, 11) is -2.70. The Morgan fingerprint density at radius 2 is 1.74 bits per heavy atom. The summed E-state index contributed by atoms with van der Waals surface area (Å²) in [4.78, 5) is 22.7. The number of aromatic nitrogens is 1. The van der Waals surface area contributed by atoms with Crippen LogP contribution in [-0.4, -0.2) is 43.8 Å². The molecule has 15 heteroatoms. The molecule has 1 saturated carbocycles. The van der Waals surface area contributed by atoms with Crippen LogP contribution >= 0.6 is 23.2 Å². The minimum absolute atomic E-state index is 0. The molecule has 0 atom stereocenters. The molecule has 38 heavy (non-hydrogen) atoms. The van der Waals surface area contributed by atoms with E-state index in [1.54, 1.807) is 0 Å². The third kappa shape index (κ3) is 7.59. The zero-order valence-corrected chi connectivity index (χ0v) is 25.5. The number of hydrogen-bond donors (Lipinski definition) is 1. The van der Waals surface area contributed by atoms with Crippen LogP contribution in [0.2, 0.25) is 10.0 Å². The summed E-state index contributed by atoms with van der Waals surface area (Å²) in [5.41, 5.74) is -1.48. The summed E-state index contributed by atoms with van der Waals surface area (Å²) in [5, 5.41) is 12.7. The van der Waals surface area contributed by atoms with Crippen molar-refractivity contribution in [2.45, 2.75) is 29.8 Å². The molecule has 0 bridgehead atoms. The molecule has 4 rings (SSSR count). The van der Waals surface area contributed by atoms with E-state index in [1.807, 2.05) is 0 Å². The van der Waals surface area contributed by atoms with Gasteiger partial charge in [-0.25, -0.2) is 13.2 Å². The topological polar surface area (TPSA) is 124 Å². The van der Waals surface area contributed by atoms with E-state index in [-0.39, 0.29) is 91.2 Å². The number of carboxylic acid groups (broad SMARTS) is 1. The van der Waals surface area contributed by atoms with Gasteiger partial charge in [-0.2, -0.15) is 13.2 Å². The number of aromatic carboxylic acids is 1. The van der Waals surface area contributed by atoms with E-state index in [9.17, 15) is 31.2 Å². The van der Waals surface area contributed by atoms with Gasteiger partial charge in [-0.3, -0.25) is 4.79 Å². The molecule has 1 N–H and O–H groups in total. The Bertz CT molecular complexity index is 1480. The molecule has 0 spiro atoms. The van der Waals surface area contributed by atoms with Crippen molar-refractivity contribution in [2.75, 3.05) is 13.4 Å². The Hall–Kier alpha value is -1.45. The first-order chi connectivity index (χ1) is 17.2. The van der Waals surface area contributed by atoms with Crippen molar-refractivity contribution >= 4 is 44.8 Å². The first kappa shape index (κ1) is 32.8. The Labute approximate surface area is 269 Å². The molecule has 1 aromatic heterocycles. The number of methoxy groups -OCH3 is 1. The molecule has 0 amide bonds. The normalized spacial score (nSPS) is 13.1. The summed E-state index contributed by atoms with van der Waals surface area (Å²) in [6.07, 6.45) is -1.14. The first-order valence-corrected chi connectivity index (χ1v) is 13.0. The molecule has 2 aromatic carbocycles. The summed E-state index contributed by atoms with van der Waals surface area (Å²) < 4.78 is 72.1. The zero-order chi connectivity index (χ0) is 27.7. The van der Waals surface area contributed by atoms with Gasteiger partial charge in [-0.05, 0) is 43.2 Å². The van der Waals surface area contributed by atoms with E-state index in [0.717, 1.165) is 25.2 Å². The van der Waals surface area contributed by atoms with Gasteiger partial charge in [-0.1, -0.05) is 28.4 Å². The van der Waals surface area contributed by atoms with Crippen LogP contribution in [0.4, 0.5) is 13.2 Å². The largest absolute Gasteiger partial charge is 1.00 e. The minimum atomic E-state index is -4.71. The van der Waals surface area contributed by atoms with Crippen molar-refractivity contribution in [3.8, 4) is 5.75 Å². The average molecular weight is 620 g/mol. The van der Waals surface area contributed by atoms with Gasteiger partial charge in [0.1, 0.15) is 5.56 Å². The molecule has 0 saturated heterocycles. The van der Waals surface area contributed by atoms with Crippen LogP contribution in [0, 0.1) is 0 Å². The molecule has 1 heterocycles. The number of ether oxygens (including phenoxy) is 1. The number of hydrogen-bond acceptors (Lipinski definition) is 7. The van der Waals surface area contributed by atoms with E-state index in [2.05, 4.69) is 5.16 Å². The number of alkyl halides is 3. The smallest absolute Gasteiger partial charge is 1.00 e. The fraction of sp³-hybridized carbons (Fsp3) is 0.261. The van der Waals surface area contributed by atoms with Crippen LogP contribution in [-0.2, 0) is 16.0 Å². The molecule has 0 radical (unpaired) electrons. The van der Waals surface area contributed by atoms with Gasteiger partial charge in [0, 0.05) is 17.7 Å². The molecule has 0 aliphatic heterocycles. The van der Waals surface area contributed by atoms with Crippen molar-refractivity contribution in [1.29, 1.82) is 0 Å². The van der Waals surface area contributed by atoms with Gasteiger partial charge < -0.3 is 15.8 Å². The second kappa shape index (κ2) is 12.8. The zero-order valence-electron chi connectivity index (χ0n) is 21.1. The first-order valence-electron chi connectivity index (χ1n) is 10.3. The summed E-state index contributed by atoms with van der Waals surface area (Å²) in [6, 6.07) is 4.94. The maximum absolute atomic E-state index is 12.8. The van der Waals surface area contributed by atoms with E-state index in [1.165, 1.54) is 25.4 Å². The van der Waals surface area contributed by atoms with Crippen molar-refractivity contribution in [1.82, 2.24) is 5.16 Å². The number of halogens is 5. The molecule has 0 unspecified atom stereocenters. The second-order valence-electron chi connectivity index (χ2n) is 7.93. The standard InChI is InChI=1S/C15H12F3NO4S.C8H6Cl2O3.K.H/c1-24(21,22)12-6-9(15(16,17)18)4-5-10(12)13(20)11-7-19-23-14(11)8-2-3-8;1-13-7-5(10)3-2-4(9)6(7)8(11)12;;/h4-8H,2-3H2,1H3;2-3H,1H3,(H,11,12);;/q;;+1;-1. The van der Waals surface area contributed by atoms with Crippen molar-refractivity contribution in [2.24, 2.45) is 0 Å². The van der Waals surface area contributed by atoms with Crippen molar-refractivity contribution in [3.05, 3.63) is 74.6 Å². The van der Waals surface area contributed by atoms with Gasteiger partial charge >= 0.3 is 63.5 Å². The number of sulfone groups is 1. The quantitative estimate of drug-likeness (QED) is 0.330. The SMILES string of the molecule is COc1c(Cl)ccc(Cl)c1C(=O)O.CS(=O)(=O)c1cc(C(F)(F)F)ccc1C(=O)c1cnoc1C1CC1.[H-].[K+]. The average Bonchev–Trinajstić information content (AvgIpc) is 3.54. The van der Waals surface area contributed by atoms with Crippen LogP contribution in [0.15, 0.2) is 45.9 Å². The van der Waals surface area contributed by atoms with E-state index >= 15 is 0 Å². The van der Waals surface area contributed by atoms with Crippen LogP contribution in [0.25, 0.3) is 0 Å². The predicted molar refractivity (Wildman–Crippen MR) is 128 cm³/mol. The van der Waals surface area contributed by atoms with Crippen LogP contribution in [0.5, 0.6) is 5.75 Å². The Morgan fingerprint density at radius 3 is 2.21 bits per heavy atom. The number of nitrogens with zero attached hydrogens (tertiary/aromatic N) is 1. The van der Waals surface area contributed by atoms with Gasteiger partial charge in [0.05, 0.1) is 39.4 Å². The number of carbonyl (C=O) groups is 2. The fourth-order valence-corrected chi connectivity index (χ4v) is 4.69. The maximum atomic E-state index is 12.8. The Balaban J connectivity index is 0.000000435. The molecule has 3 aromatic rings. The number of rotatable bonds is 6. The Morgan fingerprint density at radius 1 is 1.13 bits per heavy atom. The third-order valence-electron chi connectivity index (χ3n) is 5.22. The maximum Gasteiger partial charge on any atom is 1.00 e. The van der Waals surface area contributed by atoms with Gasteiger partial charge in [0.15, 0.2) is 27.1 Å². The van der Waals surface area contributed by atoms with Gasteiger partial charge in [0.2, 0.25) is 0 Å². The summed E-state index contributed by atoms with van der Waals surface area (Å²) in [5.74, 6) is -1.40. The van der Waals surface area contributed by atoms with E-state index in [4.69, 9.17) is 37.6 Å². The van der Waals surface area contributed by atoms with Crippen LogP contribution < -0.4 is 56.1 Å². The molecule has 200 valence electrons. The minimum Gasteiger partial charge on any atom is -1.00 e. The second-order valence-corrected chi connectivity index (χ2v) is 10.7. The Kier molecular flexibility index (Phi) is 11.0. The molecule has 1 fully saturated rings. The number of benzene rings is 2. The molecular weight excluding hydrogens is 601 g/mol. The molecule has 1 aliphatic carbocycles. The van der Waals surface area contributed by atoms with Crippen LogP contribution in [0.1, 0.15) is 57.8 Å². The van der Waals surface area contributed by atoms with E-state index < -0.39 is 38.2 Å². The molecular formula is C23H19Cl2F3KNO7S. The summed E-state index contributed by atoms with van der Waals surface area (Å²) in [6.45, 7) is 0. The number of ketones is 1. The molecule has 1 aliphatic rings. The van der Waals surface area contributed by atoms with Gasteiger partial charge in [-0.15, -0.1) is 0 Å². The monoisotopic (exact) mass is 619 g/mol. The van der Waals surface area contributed by atoms with Crippen molar-refractivity contribution < 1.29 is 98.4 Å². The van der Waals surface area contributed by atoms with Crippen LogP contribution in [0.3, 0.4) is 0 Å². The van der Waals surface area contributed by atoms with Gasteiger partial charge in [0.25, 0.3) is 0 Å². The third-order valence-corrected chi connectivity index (χ3v) is 6.97. The fourth-order valence-electron chi connectivity index (χ4n) is 3.33. The number of carbonyl (C=O) groups excluding carboxylic acids is 1. The predicted octanol–water partition coefficient (Wildman–Crippen LogP) is 3.02. The number of carboxylic acids is 1. The van der Waals surface area contributed by atoms with Crippen molar-refractivity contribution in [3.63, 3.8) is 0 Å². The molecule has 8 nitrogen and oxygen atoms in total.